The van der Waals surface area contributed by atoms with Gasteiger partial charge in [0.1, 0.15) is 0 Å². The minimum atomic E-state index is -1.07. The number of carbonyl (C=O) groups is 1. The molecule has 54 valence electrons. The van der Waals surface area contributed by atoms with Crippen LogP contribution in [0, 0.1) is 11.8 Å². The molecule has 0 unspecified atom stereocenters. The average Bonchev–Trinajstić information content (AvgIpc) is 1.87. The predicted octanol–water partition coefficient (Wildman–Crippen LogP) is 1.76. The fourth-order valence-electron chi connectivity index (χ4n) is 0.357. The summed E-state index contributed by atoms with van der Waals surface area (Å²) in [6.07, 6.45) is 3.25. The van der Waals surface area contributed by atoms with Crippen LogP contribution in [0.5, 0.6) is 0 Å². The topological polar surface area (TPSA) is 37.3 Å². The van der Waals surface area contributed by atoms with Crippen molar-refractivity contribution in [1.82, 2.24) is 0 Å². The smallest absolute Gasteiger partial charge is 0.381 e. The van der Waals surface area contributed by atoms with Crippen molar-refractivity contribution < 1.29 is 9.90 Å². The third kappa shape index (κ3) is 7.25. The summed E-state index contributed by atoms with van der Waals surface area (Å²) in [7, 11) is 0. The molecule has 0 fully saturated rings. The Morgan fingerprint density at radius 3 is 2.90 bits per heavy atom. The number of rotatable bonds is 2. The van der Waals surface area contributed by atoms with Crippen molar-refractivity contribution in [2.24, 2.45) is 0 Å². The van der Waals surface area contributed by atoms with Crippen LogP contribution in [0.25, 0.3) is 0 Å². The largest absolute Gasteiger partial charge is 0.472 e. The first-order valence-electron chi connectivity index (χ1n) is 2.74. The summed E-state index contributed by atoms with van der Waals surface area (Å²) in [5, 5.41) is 8.07. The Labute approximate surface area is 68.1 Å². The normalized spacial score (nSPS) is 8.90. The zero-order valence-corrected chi connectivity index (χ0v) is 6.89. The Morgan fingerprint density at radius 2 is 2.40 bits per heavy atom. The second-order valence-electron chi connectivity index (χ2n) is 1.51. The predicted molar refractivity (Wildman–Crippen MR) is 42.7 cm³/mol. The standard InChI is InChI=1S/C7H7BrO2/c8-6-4-2-1-3-5-7(9)10/h4,6H,1-2H2,(H,9,10)/b6-4+. The van der Waals surface area contributed by atoms with E-state index in [1.54, 1.807) is 4.99 Å². The van der Waals surface area contributed by atoms with Gasteiger partial charge in [-0.05, 0) is 11.4 Å². The minimum Gasteiger partial charge on any atom is -0.472 e. The van der Waals surface area contributed by atoms with Crippen molar-refractivity contribution in [2.75, 3.05) is 0 Å². The zero-order valence-electron chi connectivity index (χ0n) is 5.30. The van der Waals surface area contributed by atoms with Gasteiger partial charge in [-0.25, -0.2) is 4.79 Å². The number of carboxylic acids is 1. The van der Waals surface area contributed by atoms with Crippen LogP contribution in [0.15, 0.2) is 11.1 Å². The second-order valence-corrected chi connectivity index (χ2v) is 2.04. The molecule has 10 heavy (non-hydrogen) atoms. The van der Waals surface area contributed by atoms with Gasteiger partial charge < -0.3 is 5.11 Å². The molecule has 3 heteroatoms. The monoisotopic (exact) mass is 202 g/mol. The fourth-order valence-corrected chi connectivity index (χ4v) is 0.621. The maximum atomic E-state index is 9.83. The van der Waals surface area contributed by atoms with Gasteiger partial charge in [0, 0.05) is 12.3 Å². The Bertz CT molecular complexity index is 186. The first-order chi connectivity index (χ1) is 4.77. The van der Waals surface area contributed by atoms with Crippen LogP contribution in [0.3, 0.4) is 0 Å². The average molecular weight is 203 g/mol. The quantitative estimate of drug-likeness (QED) is 0.548. The maximum Gasteiger partial charge on any atom is 0.381 e. The van der Waals surface area contributed by atoms with Crippen LogP contribution in [-0.2, 0) is 4.79 Å². The summed E-state index contributed by atoms with van der Waals surface area (Å²) < 4.78 is 0. The molecule has 0 spiro atoms. The van der Waals surface area contributed by atoms with E-state index in [9.17, 15) is 4.79 Å². The molecule has 0 bridgehead atoms. The lowest BCUT2D eigenvalue weighted by Gasteiger charge is -1.78. The van der Waals surface area contributed by atoms with Crippen molar-refractivity contribution >= 4 is 21.9 Å². The number of hydrogen-bond donors (Lipinski definition) is 1. The van der Waals surface area contributed by atoms with Gasteiger partial charge in [0.25, 0.3) is 0 Å². The van der Waals surface area contributed by atoms with Crippen LogP contribution in [0.1, 0.15) is 12.8 Å². The molecule has 0 aliphatic carbocycles. The van der Waals surface area contributed by atoms with Gasteiger partial charge in [0.15, 0.2) is 0 Å². The van der Waals surface area contributed by atoms with Gasteiger partial charge >= 0.3 is 5.97 Å². The van der Waals surface area contributed by atoms with E-state index in [0.29, 0.717) is 6.42 Å². The van der Waals surface area contributed by atoms with Gasteiger partial charge in [-0.2, -0.15) is 0 Å². The van der Waals surface area contributed by atoms with E-state index >= 15 is 0 Å². The minimum absolute atomic E-state index is 0.592. The van der Waals surface area contributed by atoms with E-state index in [2.05, 4.69) is 21.9 Å². The lowest BCUT2D eigenvalue weighted by molar-refractivity contribution is -0.130. The molecular weight excluding hydrogens is 196 g/mol. The SMILES string of the molecule is O=C(O)C#CCC/C=C/Br. The van der Waals surface area contributed by atoms with E-state index in [1.165, 1.54) is 0 Å². The molecule has 0 atom stereocenters. The van der Waals surface area contributed by atoms with Gasteiger partial charge in [0.2, 0.25) is 0 Å². The number of carboxylic acid groups (broad SMARTS) is 1. The van der Waals surface area contributed by atoms with E-state index in [-0.39, 0.29) is 0 Å². The summed E-state index contributed by atoms with van der Waals surface area (Å²) in [5.41, 5.74) is 0. The summed E-state index contributed by atoms with van der Waals surface area (Å²) in [4.78, 5) is 11.6. The number of halogens is 1. The van der Waals surface area contributed by atoms with E-state index in [1.807, 2.05) is 12.0 Å². The van der Waals surface area contributed by atoms with Crippen molar-refractivity contribution in [3.63, 3.8) is 0 Å². The van der Waals surface area contributed by atoms with Crippen LogP contribution in [0.2, 0.25) is 0 Å². The first-order valence-corrected chi connectivity index (χ1v) is 3.66. The first kappa shape index (κ1) is 9.25. The maximum absolute atomic E-state index is 9.83. The van der Waals surface area contributed by atoms with E-state index < -0.39 is 5.97 Å². The third-order valence-corrected chi connectivity index (χ3v) is 1.09. The molecule has 0 saturated heterocycles. The fraction of sp³-hybridized carbons (Fsp3) is 0.286. The van der Waals surface area contributed by atoms with Crippen molar-refractivity contribution in [3.05, 3.63) is 11.1 Å². The molecule has 0 radical (unpaired) electrons. The molecule has 0 aliphatic rings. The molecule has 0 aliphatic heterocycles. The molecule has 0 aromatic heterocycles. The highest BCUT2D eigenvalue weighted by Crippen LogP contribution is 1.91. The van der Waals surface area contributed by atoms with Crippen LogP contribution < -0.4 is 0 Å². The van der Waals surface area contributed by atoms with Gasteiger partial charge in [-0.15, -0.1) is 0 Å². The molecular formula is C7H7BrO2. The number of aliphatic carboxylic acids is 1. The van der Waals surface area contributed by atoms with Crippen molar-refractivity contribution in [3.8, 4) is 11.8 Å². The van der Waals surface area contributed by atoms with Crippen LogP contribution in [0.4, 0.5) is 0 Å². The molecule has 0 rings (SSSR count). The highest BCUT2D eigenvalue weighted by Gasteiger charge is 1.80. The number of allylic oxidation sites excluding steroid dienone is 1. The lowest BCUT2D eigenvalue weighted by Crippen LogP contribution is -1.85. The molecule has 0 saturated carbocycles. The molecule has 0 amide bonds. The Morgan fingerprint density at radius 1 is 1.70 bits per heavy atom. The van der Waals surface area contributed by atoms with Crippen molar-refractivity contribution in [2.45, 2.75) is 12.8 Å². The Hall–Kier alpha value is -0.750. The van der Waals surface area contributed by atoms with Gasteiger partial charge in [0.05, 0.1) is 0 Å². The summed E-state index contributed by atoms with van der Waals surface area (Å²) in [5.74, 6) is 3.45. The van der Waals surface area contributed by atoms with Crippen LogP contribution >= 0.6 is 15.9 Å². The summed E-state index contributed by atoms with van der Waals surface area (Å²) in [6, 6.07) is 0. The zero-order chi connectivity index (χ0) is 7.82. The Balaban J connectivity index is 3.38. The lowest BCUT2D eigenvalue weighted by atomic mass is 10.3. The molecule has 0 heterocycles. The van der Waals surface area contributed by atoms with Gasteiger partial charge in [-0.1, -0.05) is 27.9 Å². The summed E-state index contributed by atoms with van der Waals surface area (Å²) >= 11 is 3.09. The highest BCUT2D eigenvalue weighted by atomic mass is 79.9. The molecule has 0 aromatic rings. The Kier molecular flexibility index (Phi) is 5.89. The van der Waals surface area contributed by atoms with Gasteiger partial charge in [-0.3, -0.25) is 0 Å². The molecule has 0 aromatic carbocycles. The summed E-state index contributed by atoms with van der Waals surface area (Å²) in [6.45, 7) is 0. The number of hydrogen-bond acceptors (Lipinski definition) is 1. The molecule has 2 nitrogen and oxygen atoms in total. The number of unbranched alkanes of at least 4 members (excludes halogenated alkanes) is 1. The van der Waals surface area contributed by atoms with E-state index in [0.717, 1.165) is 6.42 Å². The molecule has 1 N–H and O–H groups in total. The van der Waals surface area contributed by atoms with Crippen molar-refractivity contribution in [1.29, 1.82) is 0 Å². The highest BCUT2D eigenvalue weighted by molar-refractivity contribution is 9.11. The van der Waals surface area contributed by atoms with Crippen LogP contribution in [-0.4, -0.2) is 11.1 Å². The van der Waals surface area contributed by atoms with E-state index in [4.69, 9.17) is 5.11 Å². The second kappa shape index (κ2) is 6.37. The third-order valence-electron chi connectivity index (χ3n) is 0.720.